The number of hydrogen-bond acceptors (Lipinski definition) is 8. The van der Waals surface area contributed by atoms with Gasteiger partial charge in [0.15, 0.2) is 0 Å². The van der Waals surface area contributed by atoms with Crippen LogP contribution in [0.2, 0.25) is 0 Å². The van der Waals surface area contributed by atoms with Crippen molar-refractivity contribution in [2.24, 2.45) is 5.92 Å². The summed E-state index contributed by atoms with van der Waals surface area (Å²) in [4.78, 5) is 62.2. The first-order valence-corrected chi connectivity index (χ1v) is 12.4. The highest BCUT2D eigenvalue weighted by Gasteiger charge is 2.30. The van der Waals surface area contributed by atoms with Crippen LogP contribution in [0.15, 0.2) is 43.0 Å². The molecule has 11 nitrogen and oxygen atoms in total. The molecule has 3 N–H and O–H groups in total. The first kappa shape index (κ1) is 32.1. The van der Waals surface area contributed by atoms with Crippen molar-refractivity contribution in [2.75, 3.05) is 13.2 Å². The standard InChI is InChI=1S/C27H39N3O8/c1-7-15-36-22(32)16-28-24(33)20(13-14-21(31)38-27(4,5)6)29-25(34)23(18(2)3)30-26(35)37-17-19-11-9-8-10-12-19/h7-12,18,20,23H,1,13-17H2,2-6H3,(H,28,33)(H,29,34)(H,30,35)/t20-,23-/m0/s1. The molecular formula is C27H39N3O8. The van der Waals surface area contributed by atoms with Crippen LogP contribution in [-0.4, -0.2) is 60.7 Å². The Morgan fingerprint density at radius 2 is 1.61 bits per heavy atom. The number of hydrogen-bond donors (Lipinski definition) is 3. The minimum Gasteiger partial charge on any atom is -0.460 e. The summed E-state index contributed by atoms with van der Waals surface area (Å²) in [7, 11) is 0. The van der Waals surface area contributed by atoms with E-state index in [0.29, 0.717) is 0 Å². The maximum absolute atomic E-state index is 13.1. The van der Waals surface area contributed by atoms with Crippen LogP contribution in [0, 0.1) is 5.92 Å². The lowest BCUT2D eigenvalue weighted by Crippen LogP contribution is -2.55. The zero-order chi connectivity index (χ0) is 28.7. The third-order valence-electron chi connectivity index (χ3n) is 4.89. The molecular weight excluding hydrogens is 494 g/mol. The van der Waals surface area contributed by atoms with Crippen LogP contribution < -0.4 is 16.0 Å². The van der Waals surface area contributed by atoms with Crippen molar-refractivity contribution in [2.45, 2.75) is 71.8 Å². The van der Waals surface area contributed by atoms with Crippen LogP contribution in [-0.2, 0) is 40.0 Å². The first-order valence-electron chi connectivity index (χ1n) is 12.4. The number of nitrogens with one attached hydrogen (secondary N) is 3. The molecule has 3 amide bonds. The fourth-order valence-electron chi connectivity index (χ4n) is 3.10. The van der Waals surface area contributed by atoms with E-state index >= 15 is 0 Å². The van der Waals surface area contributed by atoms with Gasteiger partial charge in [0.25, 0.3) is 0 Å². The Kier molecular flexibility index (Phi) is 13.6. The summed E-state index contributed by atoms with van der Waals surface area (Å²) in [5.41, 5.74) is 0.0541. The molecule has 0 saturated carbocycles. The third kappa shape index (κ3) is 13.4. The zero-order valence-corrected chi connectivity index (χ0v) is 22.7. The van der Waals surface area contributed by atoms with Gasteiger partial charge in [0, 0.05) is 6.42 Å². The minimum absolute atomic E-state index is 0.0159. The third-order valence-corrected chi connectivity index (χ3v) is 4.89. The molecule has 1 aromatic rings. The predicted molar refractivity (Wildman–Crippen MR) is 140 cm³/mol. The number of ether oxygens (including phenoxy) is 3. The maximum atomic E-state index is 13.1. The Morgan fingerprint density at radius 3 is 2.18 bits per heavy atom. The number of amides is 3. The number of esters is 2. The van der Waals surface area contributed by atoms with Crippen LogP contribution in [0.1, 0.15) is 53.0 Å². The summed E-state index contributed by atoms with van der Waals surface area (Å²) in [5, 5.41) is 7.47. The van der Waals surface area contributed by atoms with Crippen LogP contribution in [0.3, 0.4) is 0 Å². The van der Waals surface area contributed by atoms with Crippen molar-refractivity contribution >= 4 is 29.8 Å². The second kappa shape index (κ2) is 16.1. The van der Waals surface area contributed by atoms with Gasteiger partial charge >= 0.3 is 18.0 Å². The van der Waals surface area contributed by atoms with Crippen molar-refractivity contribution in [3.8, 4) is 0 Å². The van der Waals surface area contributed by atoms with E-state index in [1.165, 1.54) is 6.08 Å². The summed E-state index contributed by atoms with van der Waals surface area (Å²) >= 11 is 0. The fraction of sp³-hybridized carbons (Fsp3) is 0.519. The van der Waals surface area contributed by atoms with E-state index in [1.807, 2.05) is 18.2 Å². The number of carbonyl (C=O) groups is 5. The molecule has 1 aromatic carbocycles. The van der Waals surface area contributed by atoms with Gasteiger partial charge in [-0.05, 0) is 38.7 Å². The Hall–Kier alpha value is -3.89. The quantitative estimate of drug-likeness (QED) is 0.187. The van der Waals surface area contributed by atoms with E-state index in [0.717, 1.165) is 5.56 Å². The van der Waals surface area contributed by atoms with Gasteiger partial charge in [-0.25, -0.2) is 4.79 Å². The molecule has 11 heteroatoms. The lowest BCUT2D eigenvalue weighted by Gasteiger charge is -2.25. The molecule has 210 valence electrons. The van der Waals surface area contributed by atoms with Crippen molar-refractivity contribution in [1.29, 1.82) is 0 Å². The van der Waals surface area contributed by atoms with Crippen LogP contribution in [0.25, 0.3) is 0 Å². The molecule has 0 radical (unpaired) electrons. The van der Waals surface area contributed by atoms with Crippen LogP contribution in [0.5, 0.6) is 0 Å². The molecule has 0 saturated heterocycles. The van der Waals surface area contributed by atoms with Gasteiger partial charge in [-0.2, -0.15) is 0 Å². The molecule has 1 rings (SSSR count). The molecule has 0 spiro atoms. The largest absolute Gasteiger partial charge is 0.460 e. The molecule has 38 heavy (non-hydrogen) atoms. The van der Waals surface area contributed by atoms with Gasteiger partial charge < -0.3 is 30.2 Å². The highest BCUT2D eigenvalue weighted by molar-refractivity contribution is 5.92. The normalized spacial score (nSPS) is 12.5. The molecule has 0 aliphatic carbocycles. The second-order valence-corrected chi connectivity index (χ2v) is 9.80. The monoisotopic (exact) mass is 533 g/mol. The second-order valence-electron chi connectivity index (χ2n) is 9.80. The number of carbonyl (C=O) groups excluding carboxylic acids is 5. The average molecular weight is 534 g/mol. The molecule has 0 aliphatic heterocycles. The topological polar surface area (TPSA) is 149 Å². The molecule has 0 aliphatic rings. The minimum atomic E-state index is -1.19. The summed E-state index contributed by atoms with van der Waals surface area (Å²) in [6, 6.07) is 6.81. The molecule has 0 heterocycles. The Labute approximate surface area is 223 Å². The highest BCUT2D eigenvalue weighted by atomic mass is 16.6. The summed E-state index contributed by atoms with van der Waals surface area (Å²) in [6.45, 7) is 11.6. The van der Waals surface area contributed by atoms with Gasteiger partial charge in [-0.15, -0.1) is 0 Å². The molecule has 0 bridgehead atoms. The van der Waals surface area contributed by atoms with E-state index in [-0.39, 0.29) is 32.0 Å². The number of rotatable bonds is 14. The van der Waals surface area contributed by atoms with Crippen molar-refractivity contribution in [3.05, 3.63) is 48.6 Å². The van der Waals surface area contributed by atoms with E-state index in [2.05, 4.69) is 22.5 Å². The zero-order valence-electron chi connectivity index (χ0n) is 22.7. The lowest BCUT2D eigenvalue weighted by atomic mass is 10.0. The van der Waals surface area contributed by atoms with Crippen molar-refractivity contribution in [1.82, 2.24) is 16.0 Å². The van der Waals surface area contributed by atoms with E-state index in [1.54, 1.807) is 46.8 Å². The predicted octanol–water partition coefficient (Wildman–Crippen LogP) is 2.39. The van der Waals surface area contributed by atoms with Gasteiger partial charge in [-0.3, -0.25) is 19.2 Å². The van der Waals surface area contributed by atoms with E-state index in [9.17, 15) is 24.0 Å². The van der Waals surface area contributed by atoms with Gasteiger partial charge in [0.1, 0.15) is 37.4 Å². The lowest BCUT2D eigenvalue weighted by molar-refractivity contribution is -0.155. The number of alkyl carbamates (subject to hydrolysis) is 1. The molecule has 0 aromatic heterocycles. The van der Waals surface area contributed by atoms with E-state index in [4.69, 9.17) is 14.2 Å². The smallest absolute Gasteiger partial charge is 0.408 e. The Morgan fingerprint density at radius 1 is 0.947 bits per heavy atom. The fourth-order valence-corrected chi connectivity index (χ4v) is 3.10. The van der Waals surface area contributed by atoms with Gasteiger partial charge in [-0.1, -0.05) is 56.8 Å². The molecule has 0 unspecified atom stereocenters. The summed E-state index contributed by atoms with van der Waals surface area (Å²) in [6.07, 6.45) is 0.308. The van der Waals surface area contributed by atoms with Crippen LogP contribution >= 0.6 is 0 Å². The van der Waals surface area contributed by atoms with Gasteiger partial charge in [0.05, 0.1) is 0 Å². The maximum Gasteiger partial charge on any atom is 0.408 e. The Bertz CT molecular complexity index is 957. The Balaban J connectivity index is 2.86. The highest BCUT2D eigenvalue weighted by Crippen LogP contribution is 2.11. The first-order chi connectivity index (χ1) is 17.8. The number of benzene rings is 1. The van der Waals surface area contributed by atoms with Gasteiger partial charge in [0.2, 0.25) is 11.8 Å². The van der Waals surface area contributed by atoms with Crippen molar-refractivity contribution in [3.63, 3.8) is 0 Å². The summed E-state index contributed by atoms with van der Waals surface area (Å²) < 4.78 is 15.3. The molecule has 2 atom stereocenters. The average Bonchev–Trinajstić information content (AvgIpc) is 2.84. The summed E-state index contributed by atoms with van der Waals surface area (Å²) in [5.74, 6) is -2.97. The van der Waals surface area contributed by atoms with E-state index < -0.39 is 54.1 Å². The van der Waals surface area contributed by atoms with Crippen LogP contribution in [0.4, 0.5) is 4.79 Å². The van der Waals surface area contributed by atoms with Crippen molar-refractivity contribution < 1.29 is 38.2 Å². The SMILES string of the molecule is C=CCOC(=O)CNC(=O)[C@H](CCC(=O)OC(C)(C)C)NC(=O)[C@@H](NC(=O)OCc1ccccc1)C(C)C. The molecule has 0 fully saturated rings.